The van der Waals surface area contributed by atoms with Gasteiger partial charge in [-0.3, -0.25) is 0 Å². The SMILES string of the molecule is O=C(COc1ccc(Cl)cc1Cl)Oc1ccc2c3c(c(=O)oc2c1)CCCC3. The number of fused-ring (bicyclic) bond motifs is 3. The second-order valence-electron chi connectivity index (χ2n) is 6.55. The standard InChI is InChI=1S/C21H16Cl2O5/c22-12-5-8-18(17(23)9-12)26-11-20(24)27-13-6-7-15-14-3-1-2-4-16(14)21(25)28-19(15)10-13/h5-10H,1-4,11H2. The van der Waals surface area contributed by atoms with Gasteiger partial charge < -0.3 is 13.9 Å². The lowest BCUT2D eigenvalue weighted by atomic mass is 9.91. The Morgan fingerprint density at radius 3 is 2.61 bits per heavy atom. The summed E-state index contributed by atoms with van der Waals surface area (Å²) < 4.78 is 16.1. The van der Waals surface area contributed by atoms with Crippen LogP contribution in [0.5, 0.6) is 11.5 Å². The molecule has 0 radical (unpaired) electrons. The second-order valence-corrected chi connectivity index (χ2v) is 7.39. The molecule has 0 amide bonds. The van der Waals surface area contributed by atoms with Gasteiger partial charge in [-0.25, -0.2) is 9.59 Å². The molecule has 144 valence electrons. The van der Waals surface area contributed by atoms with Gasteiger partial charge in [0.05, 0.1) is 5.02 Å². The zero-order valence-electron chi connectivity index (χ0n) is 14.8. The summed E-state index contributed by atoms with van der Waals surface area (Å²) in [4.78, 5) is 24.3. The normalized spacial score (nSPS) is 13.2. The third kappa shape index (κ3) is 3.86. The maximum atomic E-state index is 12.2. The predicted molar refractivity (Wildman–Crippen MR) is 107 cm³/mol. The fraction of sp³-hybridized carbons (Fsp3) is 0.238. The first-order valence-electron chi connectivity index (χ1n) is 8.88. The van der Waals surface area contributed by atoms with Gasteiger partial charge in [-0.1, -0.05) is 23.2 Å². The van der Waals surface area contributed by atoms with Gasteiger partial charge in [-0.2, -0.15) is 0 Å². The van der Waals surface area contributed by atoms with E-state index >= 15 is 0 Å². The Labute approximate surface area is 170 Å². The number of rotatable bonds is 4. The lowest BCUT2D eigenvalue weighted by Gasteiger charge is -2.16. The molecule has 2 aromatic carbocycles. The molecule has 3 aromatic rings. The summed E-state index contributed by atoms with van der Waals surface area (Å²) in [6, 6.07) is 9.77. The molecule has 0 unspecified atom stereocenters. The molecule has 1 aliphatic rings. The Morgan fingerprint density at radius 2 is 1.82 bits per heavy atom. The topological polar surface area (TPSA) is 65.7 Å². The summed E-state index contributed by atoms with van der Waals surface area (Å²) in [5.41, 5.74) is 1.90. The van der Waals surface area contributed by atoms with Gasteiger partial charge in [0.25, 0.3) is 0 Å². The molecule has 0 fully saturated rings. The lowest BCUT2D eigenvalue weighted by molar-refractivity contribution is -0.136. The van der Waals surface area contributed by atoms with E-state index in [1.807, 2.05) is 6.07 Å². The maximum Gasteiger partial charge on any atom is 0.349 e. The Hall–Kier alpha value is -2.50. The molecule has 4 rings (SSSR count). The van der Waals surface area contributed by atoms with Gasteiger partial charge in [0.2, 0.25) is 0 Å². The maximum absolute atomic E-state index is 12.2. The van der Waals surface area contributed by atoms with Crippen molar-refractivity contribution in [3.8, 4) is 11.5 Å². The number of halogens is 2. The average molecular weight is 419 g/mol. The van der Waals surface area contributed by atoms with Gasteiger partial charge in [-0.15, -0.1) is 0 Å². The van der Waals surface area contributed by atoms with Crippen LogP contribution in [0.3, 0.4) is 0 Å². The van der Waals surface area contributed by atoms with E-state index in [0.717, 1.165) is 42.2 Å². The van der Waals surface area contributed by atoms with Crippen LogP contribution in [0, 0.1) is 0 Å². The van der Waals surface area contributed by atoms with Gasteiger partial charge in [0.1, 0.15) is 17.1 Å². The third-order valence-electron chi connectivity index (χ3n) is 4.67. The van der Waals surface area contributed by atoms with Gasteiger partial charge in [0, 0.05) is 22.0 Å². The van der Waals surface area contributed by atoms with Crippen LogP contribution in [0.25, 0.3) is 11.0 Å². The van der Waals surface area contributed by atoms with E-state index in [2.05, 4.69) is 0 Å². The van der Waals surface area contributed by atoms with E-state index in [9.17, 15) is 9.59 Å². The van der Waals surface area contributed by atoms with E-state index in [4.69, 9.17) is 37.1 Å². The van der Waals surface area contributed by atoms with Crippen LogP contribution in [-0.2, 0) is 17.6 Å². The molecule has 0 spiro atoms. The molecule has 1 aliphatic carbocycles. The van der Waals surface area contributed by atoms with Gasteiger partial charge in [0.15, 0.2) is 6.61 Å². The number of aryl methyl sites for hydroxylation is 1. The summed E-state index contributed by atoms with van der Waals surface area (Å²) >= 11 is 11.8. The molecule has 0 N–H and O–H groups in total. The van der Waals surface area contributed by atoms with E-state index in [-0.39, 0.29) is 18.0 Å². The van der Waals surface area contributed by atoms with Crippen molar-refractivity contribution >= 4 is 40.1 Å². The summed E-state index contributed by atoms with van der Waals surface area (Å²) in [6.45, 7) is -0.326. The van der Waals surface area contributed by atoms with Crippen molar-refractivity contribution in [1.82, 2.24) is 0 Å². The smallest absolute Gasteiger partial charge is 0.349 e. The Balaban J connectivity index is 1.50. The second kappa shape index (κ2) is 7.86. The first-order chi connectivity index (χ1) is 13.5. The molecule has 0 atom stereocenters. The van der Waals surface area contributed by atoms with Crippen LogP contribution in [0.15, 0.2) is 45.6 Å². The van der Waals surface area contributed by atoms with Crippen molar-refractivity contribution in [2.24, 2.45) is 0 Å². The molecule has 0 aliphatic heterocycles. The molecule has 0 saturated carbocycles. The summed E-state index contributed by atoms with van der Waals surface area (Å²) in [6.07, 6.45) is 3.64. The Kier molecular flexibility index (Phi) is 5.29. The minimum atomic E-state index is -0.606. The van der Waals surface area contributed by atoms with Crippen molar-refractivity contribution < 1.29 is 18.7 Å². The number of carbonyl (C=O) groups excluding carboxylic acids is 1. The Bertz CT molecular complexity index is 1120. The van der Waals surface area contributed by atoms with Crippen LogP contribution in [0.4, 0.5) is 0 Å². The molecule has 28 heavy (non-hydrogen) atoms. The zero-order valence-corrected chi connectivity index (χ0v) is 16.3. The van der Waals surface area contributed by atoms with E-state index in [0.29, 0.717) is 21.4 Å². The predicted octanol–water partition coefficient (Wildman–Crippen LogP) is 4.96. The van der Waals surface area contributed by atoms with Crippen molar-refractivity contribution in [2.75, 3.05) is 6.61 Å². The minimum absolute atomic E-state index is 0.280. The molecule has 5 nitrogen and oxygen atoms in total. The van der Waals surface area contributed by atoms with Crippen LogP contribution in [-0.4, -0.2) is 12.6 Å². The van der Waals surface area contributed by atoms with Crippen molar-refractivity contribution in [3.63, 3.8) is 0 Å². The largest absolute Gasteiger partial charge is 0.480 e. The average Bonchev–Trinajstić information content (AvgIpc) is 2.67. The molecular weight excluding hydrogens is 403 g/mol. The fourth-order valence-corrected chi connectivity index (χ4v) is 3.84. The highest BCUT2D eigenvalue weighted by atomic mass is 35.5. The third-order valence-corrected chi connectivity index (χ3v) is 5.20. The summed E-state index contributed by atoms with van der Waals surface area (Å²) in [7, 11) is 0. The van der Waals surface area contributed by atoms with Crippen LogP contribution in [0.1, 0.15) is 24.0 Å². The van der Waals surface area contributed by atoms with Crippen LogP contribution in [0.2, 0.25) is 10.0 Å². The quantitative estimate of drug-likeness (QED) is 0.340. The van der Waals surface area contributed by atoms with E-state index in [1.165, 1.54) is 6.07 Å². The summed E-state index contributed by atoms with van der Waals surface area (Å²) in [5, 5.41) is 1.66. The number of carbonyl (C=O) groups is 1. The number of esters is 1. The molecule has 1 aromatic heterocycles. The number of benzene rings is 2. The molecule has 0 bridgehead atoms. The lowest BCUT2D eigenvalue weighted by Crippen LogP contribution is -2.18. The highest BCUT2D eigenvalue weighted by molar-refractivity contribution is 6.35. The highest BCUT2D eigenvalue weighted by Crippen LogP contribution is 2.30. The van der Waals surface area contributed by atoms with Gasteiger partial charge in [-0.05, 0) is 61.6 Å². The van der Waals surface area contributed by atoms with E-state index in [1.54, 1.807) is 24.3 Å². The van der Waals surface area contributed by atoms with Crippen LogP contribution >= 0.6 is 23.2 Å². The number of hydrogen-bond acceptors (Lipinski definition) is 5. The monoisotopic (exact) mass is 418 g/mol. The Morgan fingerprint density at radius 1 is 1.04 bits per heavy atom. The summed E-state index contributed by atoms with van der Waals surface area (Å²) in [5.74, 6) is 0.00652. The first-order valence-corrected chi connectivity index (χ1v) is 9.64. The molecule has 7 heteroatoms. The highest BCUT2D eigenvalue weighted by Gasteiger charge is 2.18. The number of hydrogen-bond donors (Lipinski definition) is 0. The van der Waals surface area contributed by atoms with Crippen molar-refractivity contribution in [1.29, 1.82) is 0 Å². The van der Waals surface area contributed by atoms with Gasteiger partial charge >= 0.3 is 11.6 Å². The fourth-order valence-electron chi connectivity index (χ4n) is 3.38. The minimum Gasteiger partial charge on any atom is -0.480 e. The van der Waals surface area contributed by atoms with Crippen molar-refractivity contribution in [2.45, 2.75) is 25.7 Å². The molecule has 0 saturated heterocycles. The number of ether oxygens (including phenoxy) is 2. The molecule has 1 heterocycles. The van der Waals surface area contributed by atoms with Crippen molar-refractivity contribution in [3.05, 3.63) is 68.0 Å². The first kappa shape index (κ1) is 18.8. The van der Waals surface area contributed by atoms with E-state index < -0.39 is 5.97 Å². The zero-order chi connectivity index (χ0) is 19.7. The van der Waals surface area contributed by atoms with Crippen LogP contribution < -0.4 is 15.1 Å². The molecular formula is C21H16Cl2O5.